The molecule has 0 aliphatic carbocycles. The number of benzene rings is 7. The zero-order valence-electron chi connectivity index (χ0n) is 30.5. The van der Waals surface area contributed by atoms with Crippen LogP contribution in [0.1, 0.15) is 57.3 Å². The van der Waals surface area contributed by atoms with Gasteiger partial charge in [0.1, 0.15) is 29.3 Å². The molecule has 4 atom stereocenters. The number of furan rings is 1. The second-order valence-corrected chi connectivity index (χ2v) is 14.8. The van der Waals surface area contributed by atoms with Crippen LogP contribution in [0, 0.1) is 5.92 Å². The molecule has 0 amide bonds. The van der Waals surface area contributed by atoms with Crippen molar-refractivity contribution in [3.05, 3.63) is 215 Å². The highest BCUT2D eigenvalue weighted by Gasteiger charge is 2.34. The SMILES string of the molecule is c1ccc(C2=NC3NC(N2)c2cccc4oc5ccc(cc5c24)C2=NC(c4ccc(-c5ccccc5)cc4)=NC(c4ccccc4)C2Cc2ccc3cc2)cc1. The summed E-state index contributed by atoms with van der Waals surface area (Å²) in [6.45, 7) is 0. The van der Waals surface area contributed by atoms with Gasteiger partial charge in [-0.25, -0.2) is 9.98 Å². The van der Waals surface area contributed by atoms with E-state index in [0.29, 0.717) is 0 Å². The van der Waals surface area contributed by atoms with E-state index in [2.05, 4.69) is 174 Å². The molecule has 5 heterocycles. The van der Waals surface area contributed by atoms with Crippen LogP contribution in [0.2, 0.25) is 0 Å². The van der Waals surface area contributed by atoms with Crippen molar-refractivity contribution in [3.63, 3.8) is 0 Å². The minimum Gasteiger partial charge on any atom is -0.456 e. The Bertz CT molecular complexity index is 2820. The van der Waals surface area contributed by atoms with Crippen molar-refractivity contribution in [1.29, 1.82) is 0 Å². The Kier molecular flexibility index (Phi) is 7.81. The van der Waals surface area contributed by atoms with Gasteiger partial charge in [0.2, 0.25) is 0 Å². The van der Waals surface area contributed by atoms with Gasteiger partial charge in [-0.05, 0) is 64.1 Å². The molecule has 268 valence electrons. The third-order valence-electron chi connectivity index (χ3n) is 11.4. The second kappa shape index (κ2) is 13.4. The Balaban J connectivity index is 1.12. The standard InChI is InChI=1S/C50H37N5O/c1-4-11-32(12-5-1)33-23-25-37(26-24-33)47-51-45(34-13-6-2-7-14-34)41-29-31-19-21-36(22-20-31)49-53-48(35-15-8-3-9-16-35)54-50(55-49)39-17-10-18-43-44(39)40-30-38(46(41)52-47)27-28-42(40)56-43/h1-28,30,41,45,49-50,55H,29H2,(H,53,54). The van der Waals surface area contributed by atoms with E-state index >= 15 is 0 Å². The second-order valence-electron chi connectivity index (χ2n) is 14.8. The Hall–Kier alpha value is -6.89. The Labute approximate surface area is 325 Å². The monoisotopic (exact) mass is 723 g/mol. The molecule has 56 heavy (non-hydrogen) atoms. The lowest BCUT2D eigenvalue weighted by molar-refractivity contribution is 0.411. The largest absolute Gasteiger partial charge is 0.456 e. The van der Waals surface area contributed by atoms with Crippen molar-refractivity contribution >= 4 is 39.3 Å². The van der Waals surface area contributed by atoms with E-state index in [-0.39, 0.29) is 24.3 Å². The lowest BCUT2D eigenvalue weighted by Crippen LogP contribution is -2.45. The maximum atomic E-state index is 6.57. The molecular weight excluding hydrogens is 687 g/mol. The van der Waals surface area contributed by atoms with Gasteiger partial charge < -0.3 is 9.73 Å². The van der Waals surface area contributed by atoms with Gasteiger partial charge in [-0.3, -0.25) is 10.3 Å². The molecule has 2 N–H and O–H groups in total. The summed E-state index contributed by atoms with van der Waals surface area (Å²) in [7, 11) is 0. The summed E-state index contributed by atoms with van der Waals surface area (Å²) in [4.78, 5) is 16.2. The molecule has 0 radical (unpaired) electrons. The maximum Gasteiger partial charge on any atom is 0.155 e. The number of rotatable bonds is 4. The first-order valence-corrected chi connectivity index (χ1v) is 19.3. The van der Waals surface area contributed by atoms with Gasteiger partial charge in [-0.2, -0.15) is 0 Å². The molecule has 12 rings (SSSR count). The minimum absolute atomic E-state index is 0.0301. The van der Waals surface area contributed by atoms with Crippen LogP contribution in [-0.4, -0.2) is 17.4 Å². The highest BCUT2D eigenvalue weighted by Crippen LogP contribution is 2.40. The zero-order chi connectivity index (χ0) is 37.0. The Morgan fingerprint density at radius 1 is 0.536 bits per heavy atom. The van der Waals surface area contributed by atoms with Gasteiger partial charge >= 0.3 is 0 Å². The molecule has 0 saturated heterocycles. The molecule has 7 aromatic carbocycles. The number of hydrogen-bond acceptors (Lipinski definition) is 6. The Morgan fingerprint density at radius 2 is 1.21 bits per heavy atom. The summed E-state index contributed by atoms with van der Waals surface area (Å²) >= 11 is 0. The van der Waals surface area contributed by atoms with Crippen molar-refractivity contribution < 1.29 is 4.42 Å². The van der Waals surface area contributed by atoms with E-state index < -0.39 is 0 Å². The molecule has 4 aliphatic heterocycles. The molecule has 8 aromatic rings. The minimum atomic E-state index is -0.260. The zero-order valence-corrected chi connectivity index (χ0v) is 30.5. The van der Waals surface area contributed by atoms with Gasteiger partial charge in [0.25, 0.3) is 0 Å². The van der Waals surface area contributed by atoms with Gasteiger partial charge in [0.15, 0.2) is 5.84 Å². The fraction of sp³-hybridized carbons (Fsp3) is 0.100. The number of nitrogens with zero attached hydrogens (tertiary/aromatic N) is 3. The number of nitrogens with one attached hydrogen (secondary N) is 2. The van der Waals surface area contributed by atoms with Crippen LogP contribution in [-0.2, 0) is 6.42 Å². The van der Waals surface area contributed by atoms with Gasteiger partial charge in [0, 0.05) is 33.4 Å². The van der Waals surface area contributed by atoms with E-state index in [9.17, 15) is 0 Å². The van der Waals surface area contributed by atoms with Crippen LogP contribution in [0.15, 0.2) is 195 Å². The number of hydrogen-bond donors (Lipinski definition) is 2. The van der Waals surface area contributed by atoms with Gasteiger partial charge in [-0.15, -0.1) is 0 Å². The molecule has 6 nitrogen and oxygen atoms in total. The maximum absolute atomic E-state index is 6.57. The normalized spacial score (nSPS) is 20.1. The van der Waals surface area contributed by atoms with E-state index in [1.54, 1.807) is 0 Å². The van der Waals surface area contributed by atoms with Crippen LogP contribution in [0.25, 0.3) is 33.1 Å². The predicted molar refractivity (Wildman–Crippen MR) is 226 cm³/mol. The van der Waals surface area contributed by atoms with E-state index in [1.165, 1.54) is 16.7 Å². The lowest BCUT2D eigenvalue weighted by atomic mass is 9.80. The molecule has 0 spiro atoms. The lowest BCUT2D eigenvalue weighted by Gasteiger charge is -2.32. The summed E-state index contributed by atoms with van der Waals surface area (Å²) in [6, 6.07) is 61.9. The number of amidine groups is 2. The van der Waals surface area contributed by atoms with E-state index in [1.807, 2.05) is 12.1 Å². The fourth-order valence-corrected chi connectivity index (χ4v) is 8.60. The molecule has 6 bridgehead atoms. The van der Waals surface area contributed by atoms with Crippen molar-refractivity contribution in [2.45, 2.75) is 24.8 Å². The molecule has 4 unspecified atom stereocenters. The Morgan fingerprint density at radius 3 is 1.98 bits per heavy atom. The van der Waals surface area contributed by atoms with Crippen LogP contribution in [0.5, 0.6) is 0 Å². The van der Waals surface area contributed by atoms with Gasteiger partial charge in [0.05, 0.1) is 11.8 Å². The molecule has 1 aromatic heterocycles. The molecule has 4 aliphatic rings. The van der Waals surface area contributed by atoms with Crippen LogP contribution < -0.4 is 10.6 Å². The number of aliphatic imine (C=N–C) groups is 3. The topological polar surface area (TPSA) is 74.3 Å². The van der Waals surface area contributed by atoms with Gasteiger partial charge in [-0.1, -0.05) is 152 Å². The third-order valence-corrected chi connectivity index (χ3v) is 11.4. The average Bonchev–Trinajstić information content (AvgIpc) is 3.65. The van der Waals surface area contributed by atoms with E-state index in [0.717, 1.165) is 79.1 Å². The van der Waals surface area contributed by atoms with Crippen molar-refractivity contribution in [1.82, 2.24) is 10.6 Å². The predicted octanol–water partition coefficient (Wildman–Crippen LogP) is 10.8. The smallest absolute Gasteiger partial charge is 0.155 e. The summed E-state index contributed by atoms with van der Waals surface area (Å²) in [5, 5.41) is 9.71. The molecular formula is C50H37N5O. The molecule has 0 fully saturated rings. The first-order valence-electron chi connectivity index (χ1n) is 19.3. The third kappa shape index (κ3) is 5.74. The average molecular weight is 724 g/mol. The summed E-state index contributed by atoms with van der Waals surface area (Å²) in [5.41, 5.74) is 12.8. The van der Waals surface area contributed by atoms with Crippen molar-refractivity contribution in [3.8, 4) is 11.1 Å². The quantitative estimate of drug-likeness (QED) is 0.190. The van der Waals surface area contributed by atoms with Crippen molar-refractivity contribution in [2.75, 3.05) is 0 Å². The summed E-state index contributed by atoms with van der Waals surface area (Å²) < 4.78 is 6.57. The summed E-state index contributed by atoms with van der Waals surface area (Å²) in [6.07, 6.45) is 0.271. The highest BCUT2D eigenvalue weighted by atomic mass is 16.3. The van der Waals surface area contributed by atoms with Crippen LogP contribution in [0.3, 0.4) is 0 Å². The van der Waals surface area contributed by atoms with Crippen molar-refractivity contribution in [2.24, 2.45) is 20.9 Å². The fourth-order valence-electron chi connectivity index (χ4n) is 8.60. The first-order chi connectivity index (χ1) is 27.7. The molecule has 0 saturated carbocycles. The first kappa shape index (κ1) is 32.5. The number of fused-ring (bicyclic) bond motifs is 2. The summed E-state index contributed by atoms with van der Waals surface area (Å²) in [5.74, 6) is 1.56. The van der Waals surface area contributed by atoms with E-state index in [4.69, 9.17) is 19.4 Å². The molecule has 6 heteroatoms. The van der Waals surface area contributed by atoms with Crippen LogP contribution >= 0.6 is 0 Å². The highest BCUT2D eigenvalue weighted by molar-refractivity contribution is 6.17. The van der Waals surface area contributed by atoms with Crippen LogP contribution in [0.4, 0.5) is 0 Å².